The third-order valence-corrected chi connectivity index (χ3v) is 25.1. The Bertz CT molecular complexity index is 4170. The molecule has 8 aromatic rings. The summed E-state index contributed by atoms with van der Waals surface area (Å²) in [6.07, 6.45) is 14.3. The Hall–Kier alpha value is -6.46. The highest BCUT2D eigenvalue weighted by Gasteiger charge is 2.59. The fourth-order valence-corrected chi connectivity index (χ4v) is 19.0. The van der Waals surface area contributed by atoms with Crippen LogP contribution in [0.4, 0.5) is 45.7 Å². The topological polar surface area (TPSA) is 22.9 Å². The number of rotatable bonds is 4. The molecule has 85 heavy (non-hydrogen) atoms. The summed E-state index contributed by atoms with van der Waals surface area (Å²) in [7, 11) is 0. The fourth-order valence-electron chi connectivity index (χ4n) is 19.0. The quantitative estimate of drug-likeness (QED) is 0.164. The predicted molar refractivity (Wildman–Crippen MR) is 361 cm³/mol. The highest BCUT2D eigenvalue weighted by Crippen LogP contribution is 2.63. The molecule has 3 aliphatic heterocycles. The maximum Gasteiger partial charge on any atom is 0.257 e. The van der Waals surface area contributed by atoms with E-state index in [1.807, 2.05) is 0 Å². The van der Waals surface area contributed by atoms with E-state index in [1.54, 1.807) is 5.56 Å². The van der Waals surface area contributed by atoms with Crippen molar-refractivity contribution in [3.63, 3.8) is 0 Å². The van der Waals surface area contributed by atoms with Crippen molar-refractivity contribution >= 4 is 79.8 Å². The second kappa shape index (κ2) is 17.2. The highest BCUT2D eigenvalue weighted by atomic mass is 16.4. The molecule has 434 valence electrons. The fraction of sp³-hybridized carbons (Fsp3) is 0.450. The summed E-state index contributed by atoms with van der Waals surface area (Å²) in [5.74, 6) is 0.986. The molecule has 2 bridgehead atoms. The summed E-state index contributed by atoms with van der Waals surface area (Å²) in [6, 6.07) is 51.9. The number of fused-ring (bicyclic) bond motifs is 13. The molecule has 7 aromatic carbocycles. The van der Waals surface area contributed by atoms with E-state index in [1.165, 1.54) is 163 Å². The lowest BCUT2D eigenvalue weighted by molar-refractivity contribution is 0.188. The molecule has 2 saturated carbocycles. The molecule has 0 saturated heterocycles. The first-order chi connectivity index (χ1) is 40.2. The van der Waals surface area contributed by atoms with Crippen LogP contribution in [-0.4, -0.2) is 12.3 Å². The average molecular weight is 1120 g/mol. The van der Waals surface area contributed by atoms with Gasteiger partial charge in [0, 0.05) is 56.0 Å². The van der Waals surface area contributed by atoms with Gasteiger partial charge in [0.2, 0.25) is 5.88 Å². The molecule has 4 heterocycles. The summed E-state index contributed by atoms with van der Waals surface area (Å²) in [4.78, 5) is 8.29. The van der Waals surface area contributed by atoms with Crippen LogP contribution in [0, 0.1) is 0 Å². The molecular formula is C80H90BN3O. The van der Waals surface area contributed by atoms with E-state index in [2.05, 4.69) is 246 Å². The van der Waals surface area contributed by atoms with Gasteiger partial charge in [-0.15, -0.1) is 0 Å². The van der Waals surface area contributed by atoms with E-state index in [0.29, 0.717) is 0 Å². The van der Waals surface area contributed by atoms with Crippen LogP contribution in [0.3, 0.4) is 0 Å². The van der Waals surface area contributed by atoms with Crippen molar-refractivity contribution < 1.29 is 4.42 Å². The number of furan rings is 1. The summed E-state index contributed by atoms with van der Waals surface area (Å²) in [6.45, 7) is 37.3. The van der Waals surface area contributed by atoms with Gasteiger partial charge in [-0.3, -0.25) is 4.90 Å². The normalized spacial score (nSPS) is 26.7. The minimum Gasteiger partial charge on any atom is -0.440 e. The maximum atomic E-state index is 7.98. The van der Waals surface area contributed by atoms with Crippen molar-refractivity contribution in [3.8, 4) is 11.1 Å². The van der Waals surface area contributed by atoms with Gasteiger partial charge in [-0.1, -0.05) is 177 Å². The Morgan fingerprint density at radius 1 is 0.424 bits per heavy atom. The predicted octanol–water partition coefficient (Wildman–Crippen LogP) is 20.0. The van der Waals surface area contributed by atoms with Crippen LogP contribution in [0.25, 0.3) is 22.1 Å². The van der Waals surface area contributed by atoms with Crippen LogP contribution in [-0.2, 0) is 43.3 Å². The van der Waals surface area contributed by atoms with Crippen molar-refractivity contribution in [2.24, 2.45) is 0 Å². The summed E-state index contributed by atoms with van der Waals surface area (Å²) in [5, 5.41) is 1.29. The Morgan fingerprint density at radius 2 is 1.01 bits per heavy atom. The van der Waals surface area contributed by atoms with E-state index in [0.717, 1.165) is 37.2 Å². The van der Waals surface area contributed by atoms with Crippen LogP contribution in [0.1, 0.15) is 225 Å². The number of hydrogen-bond donors (Lipinski definition) is 0. The minimum absolute atomic E-state index is 0.00213. The molecule has 2 fully saturated rings. The third kappa shape index (κ3) is 7.28. The van der Waals surface area contributed by atoms with Gasteiger partial charge in [-0.2, -0.15) is 0 Å². The smallest absolute Gasteiger partial charge is 0.257 e. The van der Waals surface area contributed by atoms with Gasteiger partial charge in [0.15, 0.2) is 0 Å². The van der Waals surface area contributed by atoms with E-state index >= 15 is 0 Å². The van der Waals surface area contributed by atoms with E-state index in [9.17, 15) is 0 Å². The first-order valence-electron chi connectivity index (χ1n) is 33.0. The molecule has 2 unspecified atom stereocenters. The molecule has 6 aliphatic carbocycles. The largest absolute Gasteiger partial charge is 0.440 e. The maximum absolute atomic E-state index is 7.98. The molecule has 5 heteroatoms. The zero-order valence-corrected chi connectivity index (χ0v) is 53.9. The average Bonchev–Trinajstić information content (AvgIpc) is 1.71. The molecule has 4 nitrogen and oxygen atoms in total. The first-order valence-corrected chi connectivity index (χ1v) is 33.0. The van der Waals surface area contributed by atoms with Gasteiger partial charge < -0.3 is 14.2 Å². The van der Waals surface area contributed by atoms with Crippen LogP contribution in [0.5, 0.6) is 0 Å². The number of para-hydroxylation sites is 1. The molecule has 0 N–H and O–H groups in total. The molecule has 17 rings (SSSR count). The minimum atomic E-state index is -0.166. The lowest BCUT2D eigenvalue weighted by atomic mass is 9.33. The van der Waals surface area contributed by atoms with Gasteiger partial charge in [-0.25, -0.2) is 0 Å². The molecule has 9 aliphatic rings. The van der Waals surface area contributed by atoms with Crippen molar-refractivity contribution in [3.05, 3.63) is 172 Å². The van der Waals surface area contributed by atoms with Crippen molar-refractivity contribution in [1.82, 2.24) is 0 Å². The standard InChI is InChI=1S/C80H90BN3O/c1-72(2,3)50-27-30-63(53(41-50)49-23-17-16-18-24-49)83-65-47-59-58(75(8,9)35-36-76(59,10)11)46-62(65)81-69-54-45-60-61(78(13)39-37-77(60,12)38-40-78)48-68(54)85-71(69)82(51-28-29-55-57(42-51)74(6,7)34-33-73(55,4)5)66-43-52(44-67(83)70(66)81)84-64-26-20-19-25-56(64)79(14)31-21-22-32-80(79,84)15/h16-20,23-30,41-48H,21-22,31-40H2,1-15H3. The van der Waals surface area contributed by atoms with Gasteiger partial charge in [-0.05, 0) is 231 Å². The van der Waals surface area contributed by atoms with Crippen LogP contribution < -0.4 is 31.1 Å². The summed E-state index contributed by atoms with van der Waals surface area (Å²) in [5.41, 5.74) is 28.3. The molecular weight excluding hydrogens is 1030 g/mol. The number of nitrogens with zero attached hydrogens (tertiary/aromatic N) is 3. The van der Waals surface area contributed by atoms with E-state index in [4.69, 9.17) is 4.42 Å². The summed E-state index contributed by atoms with van der Waals surface area (Å²) >= 11 is 0. The Labute approximate surface area is 508 Å². The second-order valence-electron chi connectivity index (χ2n) is 33.1. The Kier molecular flexibility index (Phi) is 10.9. The van der Waals surface area contributed by atoms with Crippen LogP contribution in [0.2, 0.25) is 0 Å². The molecule has 1 aromatic heterocycles. The van der Waals surface area contributed by atoms with Gasteiger partial charge >= 0.3 is 0 Å². The Morgan fingerprint density at radius 3 is 1.68 bits per heavy atom. The van der Waals surface area contributed by atoms with Gasteiger partial charge in [0.05, 0.1) is 11.2 Å². The monoisotopic (exact) mass is 1120 g/mol. The highest BCUT2D eigenvalue weighted by molar-refractivity contribution is 7.01. The van der Waals surface area contributed by atoms with Crippen LogP contribution in [0.15, 0.2) is 132 Å². The SMILES string of the molecule is CC(C)(C)c1ccc(N2c3cc4c(cc3B3c5c2cc(N2c6ccccc6C6(C)CCCCC26C)cc5N(c2ccc5c(c2)C(C)(C)CCC5(C)C)c2oc5cc6c(cc5c23)C2(C)CCC6(C)CC2)C(C)(C)CCC4(C)C)c(-c2ccccc2)c1. The van der Waals surface area contributed by atoms with Crippen molar-refractivity contribution in [1.29, 1.82) is 0 Å². The van der Waals surface area contributed by atoms with E-state index in [-0.39, 0.29) is 55.6 Å². The zero-order valence-electron chi connectivity index (χ0n) is 53.9. The number of hydrogen-bond acceptors (Lipinski definition) is 4. The zero-order chi connectivity index (χ0) is 59.1. The number of benzene rings is 7. The van der Waals surface area contributed by atoms with Gasteiger partial charge in [0.1, 0.15) is 5.58 Å². The number of anilines is 8. The molecule has 2 atom stereocenters. The molecule has 0 spiro atoms. The second-order valence-corrected chi connectivity index (χ2v) is 33.1. The summed E-state index contributed by atoms with van der Waals surface area (Å²) < 4.78 is 7.98. The van der Waals surface area contributed by atoms with Crippen LogP contribution >= 0.6 is 0 Å². The first kappa shape index (κ1) is 54.0. The lowest BCUT2D eigenvalue weighted by Crippen LogP contribution is -2.62. The van der Waals surface area contributed by atoms with Gasteiger partial charge in [0.25, 0.3) is 6.71 Å². The lowest BCUT2D eigenvalue weighted by Gasteiger charge is -2.52. The Balaban J connectivity index is 1.09. The van der Waals surface area contributed by atoms with Crippen molar-refractivity contribution in [2.75, 3.05) is 14.7 Å². The third-order valence-electron chi connectivity index (χ3n) is 25.1. The van der Waals surface area contributed by atoms with Crippen molar-refractivity contribution in [2.45, 2.75) is 230 Å². The van der Waals surface area contributed by atoms with E-state index < -0.39 is 0 Å². The molecule has 0 radical (unpaired) electrons. The molecule has 0 amide bonds.